The molecule has 114 valence electrons. The van der Waals surface area contributed by atoms with Gasteiger partial charge in [0.15, 0.2) is 0 Å². The maximum absolute atomic E-state index is 12.0. The van der Waals surface area contributed by atoms with Gasteiger partial charge in [0.2, 0.25) is 0 Å². The number of hydrogen-bond donors (Lipinski definition) is 1. The normalized spacial score (nSPS) is 10.8. The van der Waals surface area contributed by atoms with E-state index in [1.54, 1.807) is 9.13 Å². The van der Waals surface area contributed by atoms with Gasteiger partial charge in [-0.3, -0.25) is 9.13 Å². The molecule has 21 heavy (non-hydrogen) atoms. The van der Waals surface area contributed by atoms with Crippen molar-refractivity contribution in [3.8, 4) is 5.75 Å². The van der Waals surface area contributed by atoms with Crippen molar-refractivity contribution in [3.05, 3.63) is 52.7 Å². The fraction of sp³-hybridized carbons (Fsp3) is 0.438. The second-order valence-electron chi connectivity index (χ2n) is 5.02. The maximum Gasteiger partial charge on any atom is 0.328 e. The standard InChI is InChI=1S/C16H23N3O2/c1-2-7-18-9-10-19(16(18)20)8-4-11-21-15-6-3-5-14(12-15)13-17/h3,5-6,9-10,12H,2,4,7-8,11,13,17H2,1H3. The first-order valence-corrected chi connectivity index (χ1v) is 7.42. The van der Waals surface area contributed by atoms with E-state index < -0.39 is 0 Å². The number of imidazole rings is 1. The van der Waals surface area contributed by atoms with Crippen LogP contribution in [0, 0.1) is 0 Å². The smallest absolute Gasteiger partial charge is 0.328 e. The summed E-state index contributed by atoms with van der Waals surface area (Å²) in [6.45, 7) is 4.60. The summed E-state index contributed by atoms with van der Waals surface area (Å²) in [5.41, 5.74) is 6.71. The highest BCUT2D eigenvalue weighted by Gasteiger charge is 2.02. The molecule has 0 atom stereocenters. The van der Waals surface area contributed by atoms with Gasteiger partial charge in [0.25, 0.3) is 0 Å². The van der Waals surface area contributed by atoms with Crippen molar-refractivity contribution >= 4 is 0 Å². The first kappa shape index (κ1) is 15.4. The van der Waals surface area contributed by atoms with Gasteiger partial charge in [0, 0.05) is 32.0 Å². The third kappa shape index (κ3) is 4.23. The Bertz CT molecular complexity index is 616. The Balaban J connectivity index is 1.80. The van der Waals surface area contributed by atoms with Crippen LogP contribution in [-0.2, 0) is 19.6 Å². The van der Waals surface area contributed by atoms with Gasteiger partial charge in [0.1, 0.15) is 5.75 Å². The minimum Gasteiger partial charge on any atom is -0.494 e. The molecule has 0 aliphatic carbocycles. The third-order valence-electron chi connectivity index (χ3n) is 3.33. The summed E-state index contributed by atoms with van der Waals surface area (Å²) in [6.07, 6.45) is 5.44. The van der Waals surface area contributed by atoms with Crippen LogP contribution in [0.2, 0.25) is 0 Å². The molecule has 2 N–H and O–H groups in total. The molecule has 0 aliphatic heterocycles. The molecular formula is C16H23N3O2. The molecule has 0 radical (unpaired) electrons. The fourth-order valence-corrected chi connectivity index (χ4v) is 2.22. The van der Waals surface area contributed by atoms with E-state index in [0.29, 0.717) is 19.7 Å². The van der Waals surface area contributed by atoms with E-state index in [-0.39, 0.29) is 5.69 Å². The number of nitrogens with two attached hydrogens (primary N) is 1. The molecule has 0 fully saturated rings. The van der Waals surface area contributed by atoms with Crippen LogP contribution >= 0.6 is 0 Å². The lowest BCUT2D eigenvalue weighted by atomic mass is 10.2. The number of nitrogens with zero attached hydrogens (tertiary/aromatic N) is 2. The van der Waals surface area contributed by atoms with Crippen LogP contribution in [0.4, 0.5) is 0 Å². The van der Waals surface area contributed by atoms with Gasteiger partial charge in [-0.15, -0.1) is 0 Å². The Morgan fingerprint density at radius 3 is 2.67 bits per heavy atom. The van der Waals surface area contributed by atoms with Crippen LogP contribution in [0.15, 0.2) is 41.5 Å². The number of rotatable bonds is 8. The van der Waals surface area contributed by atoms with Crippen molar-refractivity contribution in [1.29, 1.82) is 0 Å². The van der Waals surface area contributed by atoms with Crippen LogP contribution in [-0.4, -0.2) is 15.7 Å². The first-order chi connectivity index (χ1) is 10.2. The summed E-state index contributed by atoms with van der Waals surface area (Å²) in [5.74, 6) is 0.828. The molecule has 1 heterocycles. The van der Waals surface area contributed by atoms with Gasteiger partial charge >= 0.3 is 5.69 Å². The maximum atomic E-state index is 12.0. The highest BCUT2D eigenvalue weighted by atomic mass is 16.5. The molecule has 5 heteroatoms. The Morgan fingerprint density at radius 1 is 1.19 bits per heavy atom. The summed E-state index contributed by atoms with van der Waals surface area (Å²) in [4.78, 5) is 12.0. The Kier molecular flexibility index (Phi) is 5.63. The van der Waals surface area contributed by atoms with Crippen molar-refractivity contribution in [1.82, 2.24) is 9.13 Å². The van der Waals surface area contributed by atoms with Crippen LogP contribution in [0.3, 0.4) is 0 Å². The largest absolute Gasteiger partial charge is 0.494 e. The summed E-state index contributed by atoms with van der Waals surface area (Å²) < 4.78 is 9.16. The first-order valence-electron chi connectivity index (χ1n) is 7.42. The molecule has 0 bridgehead atoms. The van der Waals surface area contributed by atoms with Gasteiger partial charge in [-0.2, -0.15) is 0 Å². The Labute approximate surface area is 125 Å². The molecule has 2 rings (SSSR count). The summed E-state index contributed by atoms with van der Waals surface area (Å²) >= 11 is 0. The number of aryl methyl sites for hydroxylation is 2. The molecule has 1 aromatic heterocycles. The van der Waals surface area contributed by atoms with Crippen molar-refractivity contribution in [2.24, 2.45) is 5.73 Å². The van der Waals surface area contributed by atoms with Crippen molar-refractivity contribution < 1.29 is 4.74 Å². The molecule has 0 saturated heterocycles. The third-order valence-corrected chi connectivity index (χ3v) is 3.33. The van der Waals surface area contributed by atoms with Crippen LogP contribution in [0.1, 0.15) is 25.3 Å². The van der Waals surface area contributed by atoms with Crippen LogP contribution in [0.25, 0.3) is 0 Å². The number of aromatic nitrogens is 2. The van der Waals surface area contributed by atoms with E-state index in [4.69, 9.17) is 10.5 Å². The van der Waals surface area contributed by atoms with Crippen molar-refractivity contribution in [3.63, 3.8) is 0 Å². The second-order valence-corrected chi connectivity index (χ2v) is 5.02. The zero-order valence-electron chi connectivity index (χ0n) is 12.5. The van der Waals surface area contributed by atoms with Crippen LogP contribution < -0.4 is 16.2 Å². The second kappa shape index (κ2) is 7.69. The lowest BCUT2D eigenvalue weighted by molar-refractivity contribution is 0.300. The molecule has 0 saturated carbocycles. The summed E-state index contributed by atoms with van der Waals surface area (Å²) in [7, 11) is 0. The zero-order chi connectivity index (χ0) is 15.1. The highest BCUT2D eigenvalue weighted by Crippen LogP contribution is 2.13. The molecule has 0 amide bonds. The molecule has 2 aromatic rings. The Morgan fingerprint density at radius 2 is 1.95 bits per heavy atom. The fourth-order valence-electron chi connectivity index (χ4n) is 2.22. The van der Waals surface area contributed by atoms with E-state index in [0.717, 1.165) is 30.7 Å². The lowest BCUT2D eigenvalue weighted by Gasteiger charge is -2.07. The van der Waals surface area contributed by atoms with E-state index in [1.165, 1.54) is 0 Å². The molecule has 1 aromatic carbocycles. The quantitative estimate of drug-likeness (QED) is 0.756. The molecule has 0 unspecified atom stereocenters. The van der Waals surface area contributed by atoms with Gasteiger partial charge in [-0.1, -0.05) is 19.1 Å². The summed E-state index contributed by atoms with van der Waals surface area (Å²) in [6, 6.07) is 7.78. The zero-order valence-corrected chi connectivity index (χ0v) is 12.5. The number of benzene rings is 1. The average molecular weight is 289 g/mol. The number of ether oxygens (including phenoxy) is 1. The minimum absolute atomic E-state index is 0.0574. The van der Waals surface area contributed by atoms with Gasteiger partial charge in [0.05, 0.1) is 6.61 Å². The molecule has 5 nitrogen and oxygen atoms in total. The van der Waals surface area contributed by atoms with Crippen molar-refractivity contribution in [2.45, 2.75) is 39.4 Å². The monoisotopic (exact) mass is 289 g/mol. The van der Waals surface area contributed by atoms with Gasteiger partial charge < -0.3 is 10.5 Å². The van der Waals surface area contributed by atoms with Crippen molar-refractivity contribution in [2.75, 3.05) is 6.61 Å². The topological polar surface area (TPSA) is 62.2 Å². The predicted octanol–water partition coefficient (Wildman–Crippen LogP) is 1.99. The minimum atomic E-state index is 0.0574. The summed E-state index contributed by atoms with van der Waals surface area (Å²) in [5, 5.41) is 0. The lowest BCUT2D eigenvalue weighted by Crippen LogP contribution is -2.24. The number of hydrogen-bond acceptors (Lipinski definition) is 3. The van der Waals surface area contributed by atoms with E-state index >= 15 is 0 Å². The van der Waals surface area contributed by atoms with E-state index in [1.807, 2.05) is 36.7 Å². The molecule has 0 spiro atoms. The van der Waals surface area contributed by atoms with Gasteiger partial charge in [-0.05, 0) is 30.5 Å². The van der Waals surface area contributed by atoms with Gasteiger partial charge in [-0.25, -0.2) is 4.79 Å². The predicted molar refractivity (Wildman–Crippen MR) is 83.4 cm³/mol. The van der Waals surface area contributed by atoms with E-state index in [9.17, 15) is 4.79 Å². The highest BCUT2D eigenvalue weighted by molar-refractivity contribution is 5.28. The molecule has 0 aliphatic rings. The SMILES string of the molecule is CCCn1ccn(CCCOc2cccc(CN)c2)c1=O. The Hall–Kier alpha value is -2.01. The average Bonchev–Trinajstić information content (AvgIpc) is 2.85. The molecular weight excluding hydrogens is 266 g/mol. The van der Waals surface area contributed by atoms with Crippen LogP contribution in [0.5, 0.6) is 5.75 Å². The van der Waals surface area contributed by atoms with E-state index in [2.05, 4.69) is 6.92 Å².